The maximum Gasteiger partial charge on any atom is 0.223 e. The number of halogens is 1. The number of fused-ring (bicyclic) bond motifs is 2. The van der Waals surface area contributed by atoms with Gasteiger partial charge in [0.05, 0.1) is 19.3 Å². The first kappa shape index (κ1) is 19.8. The van der Waals surface area contributed by atoms with E-state index >= 15 is 0 Å². The fraction of sp³-hybridized carbons (Fsp3) is 0.455. The van der Waals surface area contributed by atoms with Crippen molar-refractivity contribution in [2.24, 2.45) is 0 Å². The van der Waals surface area contributed by atoms with Crippen molar-refractivity contribution in [2.45, 2.75) is 56.9 Å². The average Bonchev–Trinajstić information content (AvgIpc) is 3.07. The van der Waals surface area contributed by atoms with Gasteiger partial charge in [-0.2, -0.15) is 0 Å². The van der Waals surface area contributed by atoms with Crippen LogP contribution in [0.3, 0.4) is 0 Å². The van der Waals surface area contributed by atoms with Gasteiger partial charge in [0.1, 0.15) is 12.2 Å². The lowest BCUT2D eigenvalue weighted by atomic mass is 9.87. The Hall–Kier alpha value is -1.47. The molecule has 0 radical (unpaired) electrons. The fourth-order valence-corrected chi connectivity index (χ4v) is 4.39. The van der Waals surface area contributed by atoms with E-state index in [1.165, 1.54) is 5.56 Å². The maximum absolute atomic E-state index is 10.7. The van der Waals surface area contributed by atoms with Crippen molar-refractivity contribution in [1.29, 1.82) is 0 Å². The fourth-order valence-electron chi connectivity index (χ4n) is 4.15. The van der Waals surface area contributed by atoms with E-state index < -0.39 is 24.1 Å². The predicted octanol–water partition coefficient (Wildman–Crippen LogP) is 2.68. The first-order valence-electron chi connectivity index (χ1n) is 9.65. The third-order valence-corrected chi connectivity index (χ3v) is 6.19. The minimum Gasteiger partial charge on any atom is -0.394 e. The van der Waals surface area contributed by atoms with E-state index in [0.717, 1.165) is 28.7 Å². The molecular formula is C22H25ClO5. The quantitative estimate of drug-likeness (QED) is 0.730. The van der Waals surface area contributed by atoms with Gasteiger partial charge in [-0.05, 0) is 41.2 Å². The second-order valence-electron chi connectivity index (χ2n) is 7.51. The number of aliphatic hydroxyl groups excluding tert-OH is 3. The van der Waals surface area contributed by atoms with Crippen molar-refractivity contribution in [2.75, 3.05) is 6.61 Å². The molecule has 2 aliphatic heterocycles. The molecule has 4 atom stereocenters. The molecule has 28 heavy (non-hydrogen) atoms. The summed E-state index contributed by atoms with van der Waals surface area (Å²) in [6.07, 6.45) is -1.08. The summed E-state index contributed by atoms with van der Waals surface area (Å²) in [6, 6.07) is 12.0. The molecule has 2 aromatic rings. The Labute approximate surface area is 169 Å². The molecule has 5 nitrogen and oxygen atoms in total. The summed E-state index contributed by atoms with van der Waals surface area (Å²) in [5.41, 5.74) is 4.99. The molecule has 0 aliphatic carbocycles. The largest absolute Gasteiger partial charge is 0.394 e. The van der Waals surface area contributed by atoms with E-state index in [-0.39, 0.29) is 19.6 Å². The lowest BCUT2D eigenvalue weighted by Gasteiger charge is -2.43. The first-order chi connectivity index (χ1) is 13.5. The van der Waals surface area contributed by atoms with E-state index in [9.17, 15) is 15.3 Å². The highest BCUT2D eigenvalue weighted by Gasteiger charge is 2.54. The number of benzene rings is 2. The van der Waals surface area contributed by atoms with Gasteiger partial charge in [0.2, 0.25) is 5.79 Å². The van der Waals surface area contributed by atoms with Gasteiger partial charge in [-0.25, -0.2) is 0 Å². The van der Waals surface area contributed by atoms with E-state index in [1.54, 1.807) is 6.07 Å². The van der Waals surface area contributed by atoms with Gasteiger partial charge in [0.15, 0.2) is 0 Å². The van der Waals surface area contributed by atoms with Gasteiger partial charge in [-0.15, -0.1) is 0 Å². The maximum atomic E-state index is 10.7. The minimum atomic E-state index is -1.38. The zero-order valence-electron chi connectivity index (χ0n) is 15.8. The molecule has 3 N–H and O–H groups in total. The van der Waals surface area contributed by atoms with Crippen molar-refractivity contribution in [3.05, 3.63) is 69.2 Å². The first-order valence-corrected chi connectivity index (χ1v) is 10.0. The highest BCUT2D eigenvalue weighted by molar-refractivity contribution is 6.31. The van der Waals surface area contributed by atoms with Gasteiger partial charge in [-0.1, -0.05) is 48.9 Å². The van der Waals surface area contributed by atoms with Crippen LogP contribution in [0.1, 0.15) is 41.2 Å². The molecule has 0 amide bonds. The van der Waals surface area contributed by atoms with Crippen molar-refractivity contribution in [3.8, 4) is 0 Å². The van der Waals surface area contributed by atoms with Crippen LogP contribution >= 0.6 is 11.6 Å². The molecule has 0 aromatic heterocycles. The normalized spacial score (nSPS) is 29.2. The van der Waals surface area contributed by atoms with E-state index in [1.807, 2.05) is 6.07 Å². The van der Waals surface area contributed by atoms with Crippen LogP contribution in [0.25, 0.3) is 0 Å². The number of hydrogen-bond acceptors (Lipinski definition) is 5. The summed E-state index contributed by atoms with van der Waals surface area (Å²) in [7, 11) is 0. The van der Waals surface area contributed by atoms with Crippen LogP contribution in [0.5, 0.6) is 0 Å². The summed E-state index contributed by atoms with van der Waals surface area (Å²) in [5.74, 6) is -1.38. The SMILES string of the molecule is CCc1ccc(Cc2c(Cl)ccc3c2COC32OC(CO)C(O)CC2O)cc1. The van der Waals surface area contributed by atoms with Crippen LogP contribution in [0.2, 0.25) is 5.02 Å². The summed E-state index contributed by atoms with van der Waals surface area (Å²) in [5, 5.41) is 30.9. The van der Waals surface area contributed by atoms with Crippen LogP contribution in [0.15, 0.2) is 36.4 Å². The third kappa shape index (κ3) is 3.26. The number of rotatable bonds is 4. The standard InChI is InChI=1S/C22H25ClO5/c1-2-13-3-5-14(6-4-13)9-15-16-12-27-22(17(16)7-8-18(15)23)21(26)10-19(25)20(11-24)28-22/h3-8,19-21,24-26H,2,9-12H2,1H3. The number of aliphatic hydroxyl groups is 3. The molecule has 6 heteroatoms. The Balaban J connectivity index is 1.70. The molecule has 150 valence electrons. The number of ether oxygens (including phenoxy) is 2. The molecule has 0 bridgehead atoms. The van der Waals surface area contributed by atoms with Crippen LogP contribution < -0.4 is 0 Å². The van der Waals surface area contributed by atoms with Crippen LogP contribution in [0, 0.1) is 0 Å². The zero-order valence-corrected chi connectivity index (χ0v) is 16.5. The smallest absolute Gasteiger partial charge is 0.223 e. The molecular weight excluding hydrogens is 380 g/mol. The topological polar surface area (TPSA) is 79.2 Å². The van der Waals surface area contributed by atoms with Gasteiger partial charge in [0.25, 0.3) is 0 Å². The average molecular weight is 405 g/mol. The lowest BCUT2D eigenvalue weighted by Crippen LogP contribution is -2.55. The number of hydrogen-bond donors (Lipinski definition) is 3. The Bertz CT molecular complexity index is 853. The van der Waals surface area contributed by atoms with Crippen molar-refractivity contribution in [3.63, 3.8) is 0 Å². The molecule has 1 saturated heterocycles. The Kier molecular flexibility index (Phi) is 5.49. The van der Waals surface area contributed by atoms with Gasteiger partial charge in [0, 0.05) is 17.0 Å². The molecule has 1 fully saturated rings. The van der Waals surface area contributed by atoms with Crippen LogP contribution in [0.4, 0.5) is 0 Å². The predicted molar refractivity (Wildman–Crippen MR) is 105 cm³/mol. The Morgan fingerprint density at radius 3 is 2.50 bits per heavy atom. The molecule has 2 aliphatic rings. The monoisotopic (exact) mass is 404 g/mol. The molecule has 0 saturated carbocycles. The zero-order chi connectivity index (χ0) is 19.9. The summed E-state index contributed by atoms with van der Waals surface area (Å²) in [6.45, 7) is 2.03. The van der Waals surface area contributed by atoms with Gasteiger partial charge >= 0.3 is 0 Å². The molecule has 4 unspecified atom stereocenters. The molecule has 2 aromatic carbocycles. The van der Waals surface area contributed by atoms with Crippen molar-refractivity contribution in [1.82, 2.24) is 0 Å². The van der Waals surface area contributed by atoms with E-state index in [0.29, 0.717) is 11.4 Å². The molecule has 4 rings (SSSR count). The molecule has 2 heterocycles. The summed E-state index contributed by atoms with van der Waals surface area (Å²) in [4.78, 5) is 0. The third-order valence-electron chi connectivity index (χ3n) is 5.83. The highest BCUT2D eigenvalue weighted by atomic mass is 35.5. The van der Waals surface area contributed by atoms with Crippen molar-refractivity contribution >= 4 is 11.6 Å². The highest BCUT2D eigenvalue weighted by Crippen LogP contribution is 2.47. The van der Waals surface area contributed by atoms with Gasteiger partial charge < -0.3 is 24.8 Å². The van der Waals surface area contributed by atoms with E-state index in [4.69, 9.17) is 21.1 Å². The van der Waals surface area contributed by atoms with E-state index in [2.05, 4.69) is 31.2 Å². The summed E-state index contributed by atoms with van der Waals surface area (Å²) >= 11 is 6.52. The summed E-state index contributed by atoms with van der Waals surface area (Å²) < 4.78 is 11.9. The minimum absolute atomic E-state index is 0.0705. The van der Waals surface area contributed by atoms with Crippen LogP contribution in [-0.2, 0) is 34.7 Å². The lowest BCUT2D eigenvalue weighted by molar-refractivity contribution is -0.345. The second-order valence-corrected chi connectivity index (χ2v) is 7.92. The molecule has 1 spiro atoms. The Morgan fingerprint density at radius 2 is 1.82 bits per heavy atom. The van der Waals surface area contributed by atoms with Gasteiger partial charge in [-0.3, -0.25) is 0 Å². The van der Waals surface area contributed by atoms with Crippen LogP contribution in [-0.4, -0.2) is 40.2 Å². The van der Waals surface area contributed by atoms with Crippen molar-refractivity contribution < 1.29 is 24.8 Å². The Morgan fingerprint density at radius 1 is 1.11 bits per heavy atom. The second kappa shape index (κ2) is 7.75. The number of aryl methyl sites for hydroxylation is 1.